The third-order valence-corrected chi connectivity index (χ3v) is 6.41. The molecule has 0 saturated carbocycles. The number of benzene rings is 1. The Labute approximate surface area is 192 Å². The minimum absolute atomic E-state index is 0.114. The van der Waals surface area contributed by atoms with Crippen LogP contribution in [0.5, 0.6) is 5.75 Å². The number of nitrogens with one attached hydrogen (secondary N) is 1. The zero-order chi connectivity index (χ0) is 24.8. The SMILES string of the molecule is CCOc1c(C2C(C(=O)Nc3ccn4nnnc4c3)OC(C)(C(F)(F)F)C2C)ccc(F)c1C. The number of carbonyl (C=O) groups excluding carboxylic acids is 1. The largest absolute Gasteiger partial charge is 0.493 e. The second-order valence-electron chi connectivity index (χ2n) is 8.37. The number of pyridine rings is 1. The molecule has 1 amide bonds. The third-order valence-electron chi connectivity index (χ3n) is 6.41. The van der Waals surface area contributed by atoms with Crippen LogP contribution in [0.3, 0.4) is 0 Å². The highest BCUT2D eigenvalue weighted by molar-refractivity contribution is 5.95. The van der Waals surface area contributed by atoms with Crippen molar-refractivity contribution in [1.82, 2.24) is 20.0 Å². The van der Waals surface area contributed by atoms with Crippen molar-refractivity contribution < 1.29 is 31.8 Å². The number of amides is 1. The number of anilines is 1. The fourth-order valence-corrected chi connectivity index (χ4v) is 4.34. The summed E-state index contributed by atoms with van der Waals surface area (Å²) in [7, 11) is 0. The normalized spacial score (nSPS) is 25.0. The van der Waals surface area contributed by atoms with Gasteiger partial charge in [-0.2, -0.15) is 13.2 Å². The van der Waals surface area contributed by atoms with Crippen LogP contribution >= 0.6 is 0 Å². The Hall–Kier alpha value is -3.28. The van der Waals surface area contributed by atoms with Crippen molar-refractivity contribution in [3.8, 4) is 5.75 Å². The van der Waals surface area contributed by atoms with Gasteiger partial charge in [0.2, 0.25) is 0 Å². The summed E-state index contributed by atoms with van der Waals surface area (Å²) in [4.78, 5) is 13.3. The molecule has 1 fully saturated rings. The number of hydrogen-bond acceptors (Lipinski definition) is 6. The molecule has 8 nitrogen and oxygen atoms in total. The fraction of sp³-hybridized carbons (Fsp3) is 0.455. The summed E-state index contributed by atoms with van der Waals surface area (Å²) in [5.41, 5.74) is -1.58. The molecule has 0 aliphatic carbocycles. The molecular formula is C22H23F4N5O3. The van der Waals surface area contributed by atoms with Crippen LogP contribution in [0, 0.1) is 18.7 Å². The van der Waals surface area contributed by atoms with Crippen molar-refractivity contribution in [3.63, 3.8) is 0 Å². The molecule has 34 heavy (non-hydrogen) atoms. The average molecular weight is 481 g/mol. The van der Waals surface area contributed by atoms with Crippen molar-refractivity contribution in [1.29, 1.82) is 0 Å². The van der Waals surface area contributed by atoms with E-state index in [0.717, 1.165) is 13.0 Å². The minimum atomic E-state index is -4.76. The van der Waals surface area contributed by atoms with Crippen molar-refractivity contribution in [2.75, 3.05) is 11.9 Å². The van der Waals surface area contributed by atoms with Crippen LogP contribution in [-0.2, 0) is 9.53 Å². The number of hydrogen-bond donors (Lipinski definition) is 1. The van der Waals surface area contributed by atoms with Gasteiger partial charge in [0.05, 0.1) is 6.61 Å². The molecule has 2 aromatic heterocycles. The van der Waals surface area contributed by atoms with Crippen LogP contribution in [0.15, 0.2) is 30.5 Å². The van der Waals surface area contributed by atoms with E-state index < -0.39 is 41.4 Å². The van der Waals surface area contributed by atoms with Crippen molar-refractivity contribution in [3.05, 3.63) is 47.4 Å². The third kappa shape index (κ3) is 3.85. The molecule has 1 saturated heterocycles. The standard InChI is InChI=1S/C22H23F4N5O3/c1-5-33-18-11(2)15(23)7-6-14(18)17-12(3)21(4,22(24,25)26)34-19(17)20(32)27-13-8-9-31-16(10-13)28-29-30-31/h6-10,12,17,19H,5H2,1-4H3,(H,27,32). The lowest BCUT2D eigenvalue weighted by Gasteiger charge is -2.32. The highest BCUT2D eigenvalue weighted by atomic mass is 19.4. The lowest BCUT2D eigenvalue weighted by Crippen LogP contribution is -2.47. The molecule has 1 aliphatic rings. The topological polar surface area (TPSA) is 90.6 Å². The quantitative estimate of drug-likeness (QED) is 0.553. The molecule has 3 aromatic rings. The first-order valence-electron chi connectivity index (χ1n) is 10.6. The molecule has 1 aromatic carbocycles. The molecule has 0 spiro atoms. The van der Waals surface area contributed by atoms with Crippen LogP contribution in [0.2, 0.25) is 0 Å². The number of tetrazole rings is 1. The predicted molar refractivity (Wildman–Crippen MR) is 113 cm³/mol. The second-order valence-corrected chi connectivity index (χ2v) is 8.37. The number of halogens is 4. The van der Waals surface area contributed by atoms with Gasteiger partial charge in [-0.05, 0) is 43.3 Å². The number of ether oxygens (including phenoxy) is 2. The fourth-order valence-electron chi connectivity index (χ4n) is 4.34. The molecule has 4 unspecified atom stereocenters. The maximum atomic E-state index is 14.3. The van der Waals surface area contributed by atoms with Crippen molar-refractivity contribution in [2.45, 2.75) is 51.5 Å². The Morgan fingerprint density at radius 1 is 1.32 bits per heavy atom. The first-order chi connectivity index (χ1) is 16.0. The van der Waals surface area contributed by atoms with Gasteiger partial charge in [-0.25, -0.2) is 8.91 Å². The van der Waals surface area contributed by atoms with E-state index in [0.29, 0.717) is 5.65 Å². The molecule has 3 heterocycles. The lowest BCUT2D eigenvalue weighted by atomic mass is 9.76. The molecule has 0 bridgehead atoms. The Kier molecular flexibility index (Phi) is 5.96. The van der Waals surface area contributed by atoms with E-state index in [2.05, 4.69) is 20.8 Å². The van der Waals surface area contributed by atoms with Gasteiger partial charge >= 0.3 is 6.18 Å². The van der Waals surface area contributed by atoms with Crippen LogP contribution in [0.4, 0.5) is 23.2 Å². The monoisotopic (exact) mass is 481 g/mol. The zero-order valence-electron chi connectivity index (χ0n) is 18.9. The molecule has 1 aliphatic heterocycles. The number of alkyl halides is 3. The summed E-state index contributed by atoms with van der Waals surface area (Å²) < 4.78 is 69.0. The molecule has 1 N–H and O–H groups in total. The van der Waals surface area contributed by atoms with Gasteiger partial charge in [0.1, 0.15) is 17.7 Å². The van der Waals surface area contributed by atoms with Gasteiger partial charge in [0.25, 0.3) is 5.91 Å². The van der Waals surface area contributed by atoms with Crippen LogP contribution in [-0.4, -0.2) is 50.4 Å². The number of nitrogens with zero attached hydrogens (tertiary/aromatic N) is 4. The predicted octanol–water partition coefficient (Wildman–Crippen LogP) is 4.05. The number of fused-ring (bicyclic) bond motifs is 1. The van der Waals surface area contributed by atoms with E-state index in [1.807, 2.05) is 0 Å². The Balaban J connectivity index is 1.77. The van der Waals surface area contributed by atoms with Crippen LogP contribution in [0.25, 0.3) is 5.65 Å². The second kappa shape index (κ2) is 8.49. The van der Waals surface area contributed by atoms with Gasteiger partial charge in [0, 0.05) is 40.9 Å². The van der Waals surface area contributed by atoms with E-state index in [1.165, 1.54) is 42.8 Å². The lowest BCUT2D eigenvalue weighted by molar-refractivity contribution is -0.272. The molecule has 182 valence electrons. The summed E-state index contributed by atoms with van der Waals surface area (Å²) in [6, 6.07) is 5.49. The maximum Gasteiger partial charge on any atom is 0.417 e. The van der Waals surface area contributed by atoms with Gasteiger partial charge in [-0.15, -0.1) is 5.10 Å². The van der Waals surface area contributed by atoms with E-state index in [-0.39, 0.29) is 29.2 Å². The molecule has 4 atom stereocenters. The van der Waals surface area contributed by atoms with Crippen molar-refractivity contribution in [2.24, 2.45) is 5.92 Å². The number of carbonyl (C=O) groups is 1. The van der Waals surface area contributed by atoms with Gasteiger partial charge in [-0.3, -0.25) is 4.79 Å². The van der Waals surface area contributed by atoms with Crippen LogP contribution < -0.4 is 10.1 Å². The first-order valence-corrected chi connectivity index (χ1v) is 10.6. The zero-order valence-corrected chi connectivity index (χ0v) is 18.9. The van der Waals surface area contributed by atoms with E-state index >= 15 is 0 Å². The van der Waals surface area contributed by atoms with Gasteiger partial charge in [0.15, 0.2) is 11.2 Å². The average Bonchev–Trinajstić information content (AvgIpc) is 3.34. The summed E-state index contributed by atoms with van der Waals surface area (Å²) in [6.45, 7) is 5.61. The summed E-state index contributed by atoms with van der Waals surface area (Å²) in [5, 5.41) is 13.6. The van der Waals surface area contributed by atoms with Crippen molar-refractivity contribution >= 4 is 17.2 Å². The number of aromatic nitrogens is 4. The Morgan fingerprint density at radius 2 is 2.06 bits per heavy atom. The summed E-state index contributed by atoms with van der Waals surface area (Å²) in [5.74, 6) is -3.48. The smallest absolute Gasteiger partial charge is 0.417 e. The Bertz CT molecular complexity index is 1230. The maximum absolute atomic E-state index is 14.3. The molecular weight excluding hydrogens is 458 g/mol. The highest BCUT2D eigenvalue weighted by Crippen LogP contribution is 2.55. The summed E-state index contributed by atoms with van der Waals surface area (Å²) in [6.07, 6.45) is -4.79. The molecule has 0 radical (unpaired) electrons. The number of rotatable bonds is 5. The molecule has 4 rings (SSSR count). The van der Waals surface area contributed by atoms with E-state index in [9.17, 15) is 22.4 Å². The first kappa shape index (κ1) is 23.9. The summed E-state index contributed by atoms with van der Waals surface area (Å²) >= 11 is 0. The van der Waals surface area contributed by atoms with E-state index in [1.54, 1.807) is 6.92 Å². The van der Waals surface area contributed by atoms with Crippen LogP contribution in [0.1, 0.15) is 37.8 Å². The van der Waals surface area contributed by atoms with Gasteiger partial charge in [-0.1, -0.05) is 13.0 Å². The van der Waals surface area contributed by atoms with E-state index in [4.69, 9.17) is 9.47 Å². The Morgan fingerprint density at radius 3 is 2.74 bits per heavy atom. The van der Waals surface area contributed by atoms with Gasteiger partial charge < -0.3 is 14.8 Å². The molecule has 12 heteroatoms. The highest BCUT2D eigenvalue weighted by Gasteiger charge is 2.65. The minimum Gasteiger partial charge on any atom is -0.493 e.